The number of benzene rings is 1. The van der Waals surface area contributed by atoms with Crippen molar-refractivity contribution in [3.05, 3.63) is 44.8 Å². The molecule has 2 aromatic rings. The third kappa shape index (κ3) is 4.75. The number of hydrogen-bond acceptors (Lipinski definition) is 4. The fraction of sp³-hybridized carbons (Fsp3) is 0.429. The molecule has 1 unspecified atom stereocenters. The second-order valence-corrected chi connectivity index (χ2v) is 9.35. The maximum atomic E-state index is 12.8. The highest BCUT2D eigenvalue weighted by Crippen LogP contribution is 2.41. The van der Waals surface area contributed by atoms with Gasteiger partial charge in [0.25, 0.3) is 0 Å². The van der Waals surface area contributed by atoms with Gasteiger partial charge in [-0.2, -0.15) is 0 Å². The highest BCUT2D eigenvalue weighted by Gasteiger charge is 2.26. The SMILES string of the molecule is CC(NC(=O)N(C)C1CCN(C)CC1)c1ccc(-c2sccc2C(N)=O)c(Cl)c1Cl. The van der Waals surface area contributed by atoms with Crippen LogP contribution in [0.15, 0.2) is 23.6 Å². The first-order valence-corrected chi connectivity index (χ1v) is 11.4. The Morgan fingerprint density at radius 2 is 1.90 bits per heavy atom. The summed E-state index contributed by atoms with van der Waals surface area (Å²) < 4.78 is 0. The molecule has 1 aromatic carbocycles. The zero-order valence-corrected chi connectivity index (χ0v) is 19.6. The molecular formula is C21H26Cl2N4O2S. The van der Waals surface area contributed by atoms with Gasteiger partial charge in [0.1, 0.15) is 0 Å². The van der Waals surface area contributed by atoms with E-state index in [2.05, 4.69) is 17.3 Å². The normalized spacial score (nSPS) is 16.3. The van der Waals surface area contributed by atoms with Crippen LogP contribution in [-0.4, -0.2) is 55.0 Å². The summed E-state index contributed by atoms with van der Waals surface area (Å²) in [6, 6.07) is 5.06. The van der Waals surface area contributed by atoms with Gasteiger partial charge in [-0.15, -0.1) is 11.3 Å². The number of halogens is 2. The van der Waals surface area contributed by atoms with Crippen LogP contribution < -0.4 is 11.1 Å². The summed E-state index contributed by atoms with van der Waals surface area (Å²) in [5.74, 6) is -0.514. The number of nitrogens with two attached hydrogens (primary N) is 1. The van der Waals surface area contributed by atoms with E-state index in [9.17, 15) is 9.59 Å². The number of thiophene rings is 1. The zero-order chi connectivity index (χ0) is 22.0. The third-order valence-corrected chi connectivity index (χ3v) is 7.49. The lowest BCUT2D eigenvalue weighted by molar-refractivity contribution is 0.100. The quantitative estimate of drug-likeness (QED) is 0.671. The Labute approximate surface area is 190 Å². The Morgan fingerprint density at radius 1 is 1.23 bits per heavy atom. The largest absolute Gasteiger partial charge is 0.366 e. The molecule has 0 aliphatic carbocycles. The predicted molar refractivity (Wildman–Crippen MR) is 124 cm³/mol. The van der Waals surface area contributed by atoms with Crippen molar-refractivity contribution >= 4 is 46.5 Å². The van der Waals surface area contributed by atoms with Crippen LogP contribution in [0.3, 0.4) is 0 Å². The first kappa shape index (κ1) is 22.9. The average molecular weight is 469 g/mol. The van der Waals surface area contributed by atoms with Crippen molar-refractivity contribution in [2.45, 2.75) is 31.8 Å². The molecule has 6 nitrogen and oxygen atoms in total. The van der Waals surface area contributed by atoms with Crippen molar-refractivity contribution in [3.8, 4) is 10.4 Å². The summed E-state index contributed by atoms with van der Waals surface area (Å²) in [7, 11) is 3.92. The van der Waals surface area contributed by atoms with E-state index >= 15 is 0 Å². The van der Waals surface area contributed by atoms with Crippen molar-refractivity contribution < 1.29 is 9.59 Å². The van der Waals surface area contributed by atoms with Gasteiger partial charge in [0.2, 0.25) is 5.91 Å². The molecule has 1 saturated heterocycles. The molecule has 3 N–H and O–H groups in total. The number of likely N-dealkylation sites (tertiary alicyclic amines) is 1. The van der Waals surface area contributed by atoms with Crippen LogP contribution >= 0.6 is 34.5 Å². The van der Waals surface area contributed by atoms with E-state index in [1.807, 2.05) is 26.1 Å². The molecule has 0 radical (unpaired) electrons. The van der Waals surface area contributed by atoms with E-state index in [1.54, 1.807) is 16.3 Å². The molecule has 0 bridgehead atoms. The lowest BCUT2D eigenvalue weighted by atomic mass is 10.0. The third-order valence-electron chi connectivity index (χ3n) is 5.65. The van der Waals surface area contributed by atoms with E-state index in [-0.39, 0.29) is 18.1 Å². The molecule has 1 aromatic heterocycles. The number of hydrogen-bond donors (Lipinski definition) is 2. The molecular weight excluding hydrogens is 443 g/mol. The monoisotopic (exact) mass is 468 g/mol. The highest BCUT2D eigenvalue weighted by atomic mass is 35.5. The van der Waals surface area contributed by atoms with Crippen molar-refractivity contribution in [2.75, 3.05) is 27.2 Å². The van der Waals surface area contributed by atoms with Crippen molar-refractivity contribution in [1.82, 2.24) is 15.1 Å². The highest BCUT2D eigenvalue weighted by molar-refractivity contribution is 7.14. The summed E-state index contributed by atoms with van der Waals surface area (Å²) in [6.07, 6.45) is 1.91. The van der Waals surface area contributed by atoms with E-state index in [0.29, 0.717) is 31.6 Å². The van der Waals surface area contributed by atoms with Crippen LogP contribution in [0.5, 0.6) is 0 Å². The van der Waals surface area contributed by atoms with Gasteiger partial charge in [-0.05, 0) is 56.9 Å². The lowest BCUT2D eigenvalue weighted by Crippen LogP contribution is -2.48. The fourth-order valence-electron chi connectivity index (χ4n) is 3.70. The Kier molecular flexibility index (Phi) is 7.29. The summed E-state index contributed by atoms with van der Waals surface area (Å²) >= 11 is 14.5. The van der Waals surface area contributed by atoms with Crippen LogP contribution in [0.4, 0.5) is 4.79 Å². The number of amides is 3. The minimum absolute atomic E-state index is 0.136. The standard InChI is InChI=1S/C21H26Cl2N4O2S/c1-12(25-21(29)27(3)13-6-9-26(2)10-7-13)14-4-5-15(18(23)17(14)22)19-16(20(24)28)8-11-30-19/h4-5,8,11-13H,6-7,9-10H2,1-3H3,(H2,24,28)(H,25,29). The summed E-state index contributed by atoms with van der Waals surface area (Å²) in [5, 5.41) is 5.49. The first-order valence-electron chi connectivity index (χ1n) is 9.78. The van der Waals surface area contributed by atoms with Gasteiger partial charge in [-0.3, -0.25) is 4.79 Å². The maximum absolute atomic E-state index is 12.8. The van der Waals surface area contributed by atoms with Crippen LogP contribution in [0, 0.1) is 0 Å². The number of primary amides is 1. The number of rotatable bonds is 5. The minimum atomic E-state index is -0.514. The van der Waals surface area contributed by atoms with Crippen LogP contribution in [0.25, 0.3) is 10.4 Å². The summed E-state index contributed by atoms with van der Waals surface area (Å²) in [6.45, 7) is 3.84. The van der Waals surface area contributed by atoms with Crippen LogP contribution in [0.1, 0.15) is 41.7 Å². The van der Waals surface area contributed by atoms with E-state index in [4.69, 9.17) is 28.9 Å². The van der Waals surface area contributed by atoms with Crippen LogP contribution in [-0.2, 0) is 0 Å². The molecule has 1 aliphatic rings. The van der Waals surface area contributed by atoms with Gasteiger partial charge in [0.15, 0.2) is 0 Å². The molecule has 3 amide bonds. The molecule has 0 saturated carbocycles. The molecule has 1 aliphatic heterocycles. The minimum Gasteiger partial charge on any atom is -0.366 e. The Bertz CT molecular complexity index is 941. The Hall–Kier alpha value is -1.80. The number of carbonyl (C=O) groups excluding carboxylic acids is 2. The topological polar surface area (TPSA) is 78.7 Å². The number of piperidine rings is 1. The van der Waals surface area contributed by atoms with Gasteiger partial charge < -0.3 is 20.9 Å². The molecule has 162 valence electrons. The van der Waals surface area contributed by atoms with E-state index in [0.717, 1.165) is 25.9 Å². The summed E-state index contributed by atoms with van der Waals surface area (Å²) in [4.78, 5) is 29.1. The molecule has 2 heterocycles. The molecule has 30 heavy (non-hydrogen) atoms. The second kappa shape index (κ2) is 9.56. The molecule has 1 atom stereocenters. The van der Waals surface area contributed by atoms with Gasteiger partial charge in [0.05, 0.1) is 21.7 Å². The number of nitrogens with one attached hydrogen (secondary N) is 1. The first-order chi connectivity index (χ1) is 14.2. The Morgan fingerprint density at radius 3 is 2.53 bits per heavy atom. The lowest BCUT2D eigenvalue weighted by Gasteiger charge is -2.35. The number of nitrogens with zero attached hydrogens (tertiary/aromatic N) is 2. The van der Waals surface area contributed by atoms with Crippen LogP contribution in [0.2, 0.25) is 10.0 Å². The smallest absolute Gasteiger partial charge is 0.317 e. The molecule has 1 fully saturated rings. The molecule has 9 heteroatoms. The second-order valence-electron chi connectivity index (χ2n) is 7.67. The predicted octanol–water partition coefficient (Wildman–Crippen LogP) is 4.62. The number of urea groups is 1. The van der Waals surface area contributed by atoms with Gasteiger partial charge in [0, 0.05) is 23.5 Å². The van der Waals surface area contributed by atoms with Crippen molar-refractivity contribution in [3.63, 3.8) is 0 Å². The molecule has 3 rings (SSSR count). The fourth-order valence-corrected chi connectivity index (χ4v) is 5.28. The average Bonchev–Trinajstić information content (AvgIpc) is 3.19. The maximum Gasteiger partial charge on any atom is 0.317 e. The number of carbonyl (C=O) groups is 2. The van der Waals surface area contributed by atoms with E-state index < -0.39 is 5.91 Å². The summed E-state index contributed by atoms with van der Waals surface area (Å²) in [5.41, 5.74) is 7.23. The van der Waals surface area contributed by atoms with Gasteiger partial charge in [-0.25, -0.2) is 4.79 Å². The molecule has 0 spiro atoms. The van der Waals surface area contributed by atoms with Gasteiger partial charge >= 0.3 is 6.03 Å². The van der Waals surface area contributed by atoms with Crippen molar-refractivity contribution in [1.29, 1.82) is 0 Å². The van der Waals surface area contributed by atoms with E-state index in [1.165, 1.54) is 11.3 Å². The van der Waals surface area contributed by atoms with Gasteiger partial charge in [-0.1, -0.05) is 35.3 Å². The van der Waals surface area contributed by atoms with Crippen molar-refractivity contribution in [2.24, 2.45) is 5.73 Å². The zero-order valence-electron chi connectivity index (χ0n) is 17.2. The Balaban J connectivity index is 1.76.